The molecule has 240 valence electrons. The Morgan fingerprint density at radius 1 is 0.844 bits per heavy atom. The zero-order valence-corrected chi connectivity index (χ0v) is 26.4. The molecular formula is C32H36ClN3O9. The Balaban J connectivity index is 1.99. The second-order valence-electron chi connectivity index (χ2n) is 10.5. The van der Waals surface area contributed by atoms with Crippen molar-refractivity contribution in [3.63, 3.8) is 0 Å². The Hall–Kier alpha value is -4.97. The summed E-state index contributed by atoms with van der Waals surface area (Å²) in [4.78, 5) is 36.5. The van der Waals surface area contributed by atoms with Gasteiger partial charge in [-0.2, -0.15) is 5.10 Å². The van der Waals surface area contributed by atoms with Gasteiger partial charge < -0.3 is 34.1 Å². The fraction of sp³-hybridized carbons (Fsp3) is 0.312. The van der Waals surface area contributed by atoms with Gasteiger partial charge in [0.1, 0.15) is 30.3 Å². The molecule has 0 aliphatic carbocycles. The van der Waals surface area contributed by atoms with Gasteiger partial charge in [-0.15, -0.1) is 0 Å². The number of halogens is 1. The van der Waals surface area contributed by atoms with Crippen LogP contribution < -0.4 is 29.7 Å². The normalized spacial score (nSPS) is 11.3. The summed E-state index contributed by atoms with van der Waals surface area (Å²) in [5.74, 6) is -0.133. The molecule has 0 heterocycles. The van der Waals surface area contributed by atoms with Crippen LogP contribution in [0.4, 0.5) is 4.79 Å². The van der Waals surface area contributed by atoms with Gasteiger partial charge in [0.05, 0.1) is 25.7 Å². The number of nitrogens with zero attached hydrogens (tertiary/aromatic N) is 1. The van der Waals surface area contributed by atoms with E-state index >= 15 is 0 Å². The third-order valence-corrected chi connectivity index (χ3v) is 6.28. The Bertz CT molecular complexity index is 1500. The molecule has 13 heteroatoms. The van der Waals surface area contributed by atoms with Gasteiger partial charge in [0, 0.05) is 12.1 Å². The van der Waals surface area contributed by atoms with Gasteiger partial charge in [-0.05, 0) is 68.3 Å². The van der Waals surface area contributed by atoms with Crippen LogP contribution in [0.5, 0.6) is 23.0 Å². The molecule has 3 aromatic rings. The number of nitrogens with one attached hydrogen (secondary N) is 2. The summed E-state index contributed by atoms with van der Waals surface area (Å²) in [6, 6.07) is 17.6. The van der Waals surface area contributed by atoms with Crippen LogP contribution in [0.2, 0.25) is 5.02 Å². The molecule has 3 rings (SSSR count). The quantitative estimate of drug-likeness (QED) is 0.156. The van der Waals surface area contributed by atoms with Crippen LogP contribution >= 0.6 is 11.6 Å². The molecule has 2 amide bonds. The SMILES string of the molecule is COc1ccc(COc2ccc(/C(=N/NC(=O)OC(C)(C)C)C(=O)NCCC(=O)O)c(Cl)c2OCc2ccc(OC)cc2)cc1. The number of amides is 2. The summed E-state index contributed by atoms with van der Waals surface area (Å²) < 4.78 is 27.9. The average molecular weight is 642 g/mol. The summed E-state index contributed by atoms with van der Waals surface area (Å²) in [5.41, 5.74) is 2.79. The van der Waals surface area contributed by atoms with E-state index in [0.29, 0.717) is 11.5 Å². The first kappa shape index (κ1) is 34.5. The molecule has 45 heavy (non-hydrogen) atoms. The van der Waals surface area contributed by atoms with Crippen molar-refractivity contribution in [2.75, 3.05) is 20.8 Å². The number of hydrogen-bond acceptors (Lipinski definition) is 9. The Labute approximate surface area is 266 Å². The second-order valence-corrected chi connectivity index (χ2v) is 10.9. The van der Waals surface area contributed by atoms with Crippen LogP contribution in [0.1, 0.15) is 43.9 Å². The molecule has 0 aromatic heterocycles. The third-order valence-electron chi connectivity index (χ3n) is 5.91. The molecule has 0 aliphatic rings. The van der Waals surface area contributed by atoms with Gasteiger partial charge in [0.2, 0.25) is 0 Å². The maximum Gasteiger partial charge on any atom is 0.428 e. The monoisotopic (exact) mass is 641 g/mol. The van der Waals surface area contributed by atoms with Crippen molar-refractivity contribution in [2.24, 2.45) is 5.10 Å². The maximum absolute atomic E-state index is 13.2. The number of carboxylic acid groups (broad SMARTS) is 1. The first-order chi connectivity index (χ1) is 21.4. The lowest BCUT2D eigenvalue weighted by molar-refractivity contribution is -0.136. The zero-order chi connectivity index (χ0) is 33.0. The minimum atomic E-state index is -1.11. The number of ether oxygens (including phenoxy) is 5. The highest BCUT2D eigenvalue weighted by molar-refractivity contribution is 6.49. The number of benzene rings is 3. The fourth-order valence-electron chi connectivity index (χ4n) is 3.73. The lowest BCUT2D eigenvalue weighted by atomic mass is 10.1. The van der Waals surface area contributed by atoms with E-state index in [4.69, 9.17) is 40.4 Å². The third kappa shape index (κ3) is 10.9. The van der Waals surface area contributed by atoms with E-state index in [1.165, 1.54) is 6.07 Å². The first-order valence-electron chi connectivity index (χ1n) is 13.8. The number of hydrogen-bond donors (Lipinski definition) is 3. The number of carboxylic acids is 1. The second kappa shape index (κ2) is 16.2. The smallest absolute Gasteiger partial charge is 0.428 e. The summed E-state index contributed by atoms with van der Waals surface area (Å²) in [6.07, 6.45) is -1.24. The number of aliphatic carboxylic acids is 1. The molecule has 0 unspecified atom stereocenters. The molecule has 0 fully saturated rings. The van der Waals surface area contributed by atoms with Crippen molar-refractivity contribution in [1.29, 1.82) is 0 Å². The van der Waals surface area contributed by atoms with Gasteiger partial charge in [-0.25, -0.2) is 10.2 Å². The van der Waals surface area contributed by atoms with Crippen LogP contribution in [0.25, 0.3) is 0 Å². The minimum Gasteiger partial charge on any atom is -0.497 e. The Kier molecular flexibility index (Phi) is 12.4. The lowest BCUT2D eigenvalue weighted by Gasteiger charge is -2.19. The van der Waals surface area contributed by atoms with Crippen LogP contribution in [-0.2, 0) is 27.5 Å². The largest absolute Gasteiger partial charge is 0.497 e. The number of hydrazone groups is 1. The number of carbonyl (C=O) groups excluding carboxylic acids is 2. The van der Waals surface area contributed by atoms with Crippen molar-refractivity contribution in [3.05, 3.63) is 82.4 Å². The molecule has 3 N–H and O–H groups in total. The fourth-order valence-corrected chi connectivity index (χ4v) is 4.03. The number of rotatable bonds is 14. The van der Waals surface area contributed by atoms with Crippen molar-refractivity contribution in [1.82, 2.24) is 10.7 Å². The van der Waals surface area contributed by atoms with Crippen LogP contribution in [0.15, 0.2) is 65.8 Å². The number of methoxy groups -OCH3 is 2. The van der Waals surface area contributed by atoms with Crippen LogP contribution in [0, 0.1) is 0 Å². The predicted molar refractivity (Wildman–Crippen MR) is 167 cm³/mol. The van der Waals surface area contributed by atoms with Crippen LogP contribution in [0.3, 0.4) is 0 Å². The van der Waals surface area contributed by atoms with Gasteiger partial charge in [0.25, 0.3) is 5.91 Å². The van der Waals surface area contributed by atoms with E-state index in [2.05, 4.69) is 15.8 Å². The van der Waals surface area contributed by atoms with E-state index in [1.54, 1.807) is 65.3 Å². The lowest BCUT2D eigenvalue weighted by Crippen LogP contribution is -2.36. The molecule has 0 radical (unpaired) electrons. The Morgan fingerprint density at radius 3 is 1.91 bits per heavy atom. The molecule has 0 saturated carbocycles. The predicted octanol–water partition coefficient (Wildman–Crippen LogP) is 5.33. The van der Waals surface area contributed by atoms with E-state index in [1.807, 2.05) is 24.3 Å². The van der Waals surface area contributed by atoms with E-state index in [0.717, 1.165) is 11.1 Å². The minimum absolute atomic E-state index is 0.0335. The van der Waals surface area contributed by atoms with Gasteiger partial charge in [-0.3, -0.25) is 9.59 Å². The zero-order valence-electron chi connectivity index (χ0n) is 25.6. The summed E-state index contributed by atoms with van der Waals surface area (Å²) in [6.45, 7) is 5.06. The number of carbonyl (C=O) groups is 3. The van der Waals surface area contributed by atoms with Gasteiger partial charge >= 0.3 is 12.1 Å². The van der Waals surface area contributed by atoms with Gasteiger partial charge in [0.15, 0.2) is 17.2 Å². The molecule has 3 aromatic carbocycles. The van der Waals surface area contributed by atoms with Crippen molar-refractivity contribution in [3.8, 4) is 23.0 Å². The molecular weight excluding hydrogens is 606 g/mol. The highest BCUT2D eigenvalue weighted by Gasteiger charge is 2.24. The summed E-state index contributed by atoms with van der Waals surface area (Å²) in [7, 11) is 3.15. The van der Waals surface area contributed by atoms with E-state index < -0.39 is 23.6 Å². The summed E-state index contributed by atoms with van der Waals surface area (Å²) >= 11 is 6.85. The van der Waals surface area contributed by atoms with Crippen molar-refractivity contribution in [2.45, 2.75) is 46.0 Å². The molecule has 0 spiro atoms. The highest BCUT2D eigenvalue weighted by atomic mass is 35.5. The topological polar surface area (TPSA) is 154 Å². The average Bonchev–Trinajstić information content (AvgIpc) is 2.99. The standard InChI is InChI=1S/C32H36ClN3O9/c1-32(2,3)45-31(40)36-35-28(30(39)34-17-16-26(37)38)24-14-15-25(43-18-20-6-10-22(41-4)11-7-20)29(27(24)33)44-19-21-8-12-23(42-5)13-9-21/h6-15H,16-19H2,1-5H3,(H,34,39)(H,36,40)(H,37,38)/b35-28-. The van der Waals surface area contributed by atoms with E-state index in [9.17, 15) is 14.4 Å². The maximum atomic E-state index is 13.2. The molecule has 0 bridgehead atoms. The molecule has 0 aliphatic heterocycles. The van der Waals surface area contributed by atoms with Crippen molar-refractivity contribution >= 4 is 35.3 Å². The van der Waals surface area contributed by atoms with Gasteiger partial charge in [-0.1, -0.05) is 35.9 Å². The highest BCUT2D eigenvalue weighted by Crippen LogP contribution is 2.39. The van der Waals surface area contributed by atoms with E-state index in [-0.39, 0.29) is 54.0 Å². The summed E-state index contributed by atoms with van der Waals surface area (Å²) in [5, 5.41) is 15.4. The van der Waals surface area contributed by atoms with Crippen molar-refractivity contribution < 1.29 is 43.2 Å². The first-order valence-corrected chi connectivity index (χ1v) is 14.2. The molecule has 0 saturated heterocycles. The van der Waals surface area contributed by atoms with Crippen LogP contribution in [-0.4, -0.2) is 55.2 Å². The Morgan fingerprint density at radius 2 is 1.40 bits per heavy atom. The molecule has 0 atom stereocenters. The molecule has 12 nitrogen and oxygen atoms in total.